The molecule has 1 amide bonds. The minimum Gasteiger partial charge on any atom is -0.377 e. The van der Waals surface area contributed by atoms with Crippen molar-refractivity contribution in [2.24, 2.45) is 5.73 Å². The van der Waals surface area contributed by atoms with Crippen LogP contribution in [0.15, 0.2) is 77.6 Å². The fraction of sp³-hybridized carbons (Fsp3) is 0.0870. The number of carbonyl (C=O) groups excluding carboxylic acids is 1. The van der Waals surface area contributed by atoms with Gasteiger partial charge >= 0.3 is 0 Å². The van der Waals surface area contributed by atoms with E-state index in [1.54, 1.807) is 18.2 Å². The van der Waals surface area contributed by atoms with Gasteiger partial charge in [-0.1, -0.05) is 48.5 Å². The molecule has 0 spiro atoms. The third-order valence-electron chi connectivity index (χ3n) is 5.50. The molecule has 0 radical (unpaired) electrons. The van der Waals surface area contributed by atoms with E-state index in [0.29, 0.717) is 10.9 Å². The molecule has 6 heteroatoms. The summed E-state index contributed by atoms with van der Waals surface area (Å²) < 4.78 is 0. The third-order valence-corrected chi connectivity index (χ3v) is 5.50. The molecule has 6 nitrogen and oxygen atoms in total. The van der Waals surface area contributed by atoms with Crippen LogP contribution >= 0.6 is 0 Å². The average molecular weight is 382 g/mol. The molecule has 3 aromatic carbocycles. The molecule has 142 valence electrons. The van der Waals surface area contributed by atoms with Crippen LogP contribution in [0.2, 0.25) is 0 Å². The van der Waals surface area contributed by atoms with Gasteiger partial charge in [-0.25, -0.2) is 5.10 Å². The molecule has 0 bridgehead atoms. The lowest BCUT2D eigenvalue weighted by Crippen LogP contribution is -2.28. The van der Waals surface area contributed by atoms with E-state index < -0.39 is 5.91 Å². The summed E-state index contributed by atoms with van der Waals surface area (Å²) in [6.45, 7) is 0. The monoisotopic (exact) mass is 382 g/mol. The van der Waals surface area contributed by atoms with Crippen LogP contribution in [0.1, 0.15) is 39.1 Å². The largest absolute Gasteiger partial charge is 0.377 e. The number of nitrogens with two attached hydrogens (primary N) is 1. The number of carbonyl (C=O) groups is 1. The van der Waals surface area contributed by atoms with Crippen molar-refractivity contribution in [1.29, 1.82) is 0 Å². The summed E-state index contributed by atoms with van der Waals surface area (Å²) in [6.07, 6.45) is 0. The normalized spacial score (nSPS) is 17.7. The highest BCUT2D eigenvalue weighted by molar-refractivity contribution is 5.97. The summed E-state index contributed by atoms with van der Waals surface area (Å²) in [5.74, 6) is -0.624. The lowest BCUT2D eigenvalue weighted by atomic mass is 9.80. The van der Waals surface area contributed by atoms with Gasteiger partial charge in [0.05, 0.1) is 23.0 Å². The lowest BCUT2D eigenvalue weighted by molar-refractivity contribution is 0.100. The standard InChI is InChI=1S/C23H18N4O2/c24-22(28)15-11-9-13(10-12-15)18-20(14-5-2-1-3-6-14)25-17-8-4-7-16-19(17)21(18)26-27-23(16)29/h1-12,18,20,25H,(H2,24,28)(H,27,29). The second kappa shape index (κ2) is 6.60. The van der Waals surface area contributed by atoms with Gasteiger partial charge < -0.3 is 11.1 Å². The van der Waals surface area contributed by atoms with Crippen LogP contribution in [0.3, 0.4) is 0 Å². The van der Waals surface area contributed by atoms with Crippen molar-refractivity contribution in [3.63, 3.8) is 0 Å². The van der Waals surface area contributed by atoms with Gasteiger partial charge in [0.2, 0.25) is 5.91 Å². The van der Waals surface area contributed by atoms with E-state index in [1.807, 2.05) is 42.5 Å². The number of H-pyrrole nitrogens is 1. The summed E-state index contributed by atoms with van der Waals surface area (Å²) in [7, 11) is 0. The first-order valence-corrected chi connectivity index (χ1v) is 9.36. The number of amides is 1. The molecule has 4 aromatic rings. The summed E-state index contributed by atoms with van der Waals surface area (Å²) >= 11 is 0. The van der Waals surface area contributed by atoms with E-state index in [-0.39, 0.29) is 17.5 Å². The molecule has 2 atom stereocenters. The number of rotatable bonds is 3. The maximum Gasteiger partial charge on any atom is 0.272 e. The highest BCUT2D eigenvalue weighted by Gasteiger charge is 2.34. The Morgan fingerprint density at radius 3 is 2.38 bits per heavy atom. The first-order chi connectivity index (χ1) is 14.1. The van der Waals surface area contributed by atoms with Gasteiger partial charge in [0.25, 0.3) is 5.56 Å². The molecular formula is C23H18N4O2. The highest BCUT2D eigenvalue weighted by atomic mass is 16.1. The number of hydrogen-bond donors (Lipinski definition) is 3. The first kappa shape index (κ1) is 17.2. The van der Waals surface area contributed by atoms with Gasteiger partial charge in [-0.3, -0.25) is 9.59 Å². The highest BCUT2D eigenvalue weighted by Crippen LogP contribution is 2.46. The predicted molar refractivity (Wildman–Crippen MR) is 112 cm³/mol. The minimum absolute atomic E-state index is 0.0906. The Labute approximate surface area is 166 Å². The van der Waals surface area contributed by atoms with Crippen molar-refractivity contribution < 1.29 is 4.79 Å². The fourth-order valence-corrected chi connectivity index (χ4v) is 4.14. The van der Waals surface area contributed by atoms with Gasteiger partial charge in [-0.15, -0.1) is 0 Å². The topological polar surface area (TPSA) is 101 Å². The zero-order valence-corrected chi connectivity index (χ0v) is 15.4. The molecule has 4 N–H and O–H groups in total. The van der Waals surface area contributed by atoms with Gasteiger partial charge in [0, 0.05) is 16.6 Å². The van der Waals surface area contributed by atoms with Crippen molar-refractivity contribution in [3.8, 4) is 0 Å². The van der Waals surface area contributed by atoms with Crippen molar-refractivity contribution in [1.82, 2.24) is 10.2 Å². The number of primary amides is 1. The molecule has 0 aliphatic carbocycles. The number of anilines is 1. The zero-order valence-electron chi connectivity index (χ0n) is 15.4. The van der Waals surface area contributed by atoms with Crippen LogP contribution < -0.4 is 16.6 Å². The molecule has 0 saturated carbocycles. The maximum atomic E-state index is 12.3. The molecule has 5 rings (SSSR count). The smallest absolute Gasteiger partial charge is 0.272 e. The Hall–Kier alpha value is -3.93. The number of benzene rings is 3. The number of aromatic amines is 1. The maximum absolute atomic E-state index is 12.3. The van der Waals surface area contributed by atoms with Crippen LogP contribution in [-0.4, -0.2) is 16.1 Å². The number of nitrogens with one attached hydrogen (secondary N) is 2. The van der Waals surface area contributed by atoms with Crippen LogP contribution in [0.25, 0.3) is 10.8 Å². The summed E-state index contributed by atoms with van der Waals surface area (Å²) in [5, 5.41) is 12.1. The summed E-state index contributed by atoms with van der Waals surface area (Å²) in [4.78, 5) is 23.8. The van der Waals surface area contributed by atoms with Gasteiger partial charge in [0.1, 0.15) is 0 Å². The molecule has 2 unspecified atom stereocenters. The van der Waals surface area contributed by atoms with Crippen molar-refractivity contribution >= 4 is 22.4 Å². The molecule has 0 fully saturated rings. The van der Waals surface area contributed by atoms with E-state index in [9.17, 15) is 9.59 Å². The Morgan fingerprint density at radius 2 is 1.66 bits per heavy atom. The van der Waals surface area contributed by atoms with Crippen molar-refractivity contribution in [3.05, 3.63) is 106 Å². The number of hydrogen-bond acceptors (Lipinski definition) is 4. The molecule has 0 saturated heterocycles. The summed E-state index contributed by atoms with van der Waals surface area (Å²) in [5.41, 5.74) is 9.40. The second-order valence-electron chi connectivity index (χ2n) is 7.16. The van der Waals surface area contributed by atoms with E-state index in [2.05, 4.69) is 27.6 Å². The molecule has 2 heterocycles. The first-order valence-electron chi connectivity index (χ1n) is 9.36. The third kappa shape index (κ3) is 2.77. The zero-order chi connectivity index (χ0) is 20.0. The number of nitrogens with zero attached hydrogens (tertiary/aromatic N) is 1. The van der Waals surface area contributed by atoms with Crippen molar-refractivity contribution in [2.75, 3.05) is 5.32 Å². The predicted octanol–water partition coefficient (Wildman–Crippen LogP) is 3.32. The molecule has 29 heavy (non-hydrogen) atoms. The Bertz CT molecular complexity index is 1280. The quantitative estimate of drug-likeness (QED) is 0.506. The SMILES string of the molecule is NC(=O)c1ccc(C2c3n[nH]c(=O)c4cccc(c34)NC2c2ccccc2)cc1. The van der Waals surface area contributed by atoms with Gasteiger partial charge in [-0.2, -0.15) is 5.10 Å². The average Bonchev–Trinajstić information content (AvgIpc) is 2.76. The Kier molecular flexibility index (Phi) is 3.91. The Balaban J connectivity index is 1.76. The van der Waals surface area contributed by atoms with Crippen LogP contribution in [0.4, 0.5) is 5.69 Å². The molecule has 1 aliphatic rings. The lowest BCUT2D eigenvalue weighted by Gasteiger charge is -2.34. The van der Waals surface area contributed by atoms with Crippen LogP contribution in [0.5, 0.6) is 0 Å². The second-order valence-corrected chi connectivity index (χ2v) is 7.16. The van der Waals surface area contributed by atoms with Gasteiger partial charge in [0.15, 0.2) is 0 Å². The molecular weight excluding hydrogens is 364 g/mol. The summed E-state index contributed by atoms with van der Waals surface area (Å²) in [6, 6.07) is 22.9. The molecule has 1 aliphatic heterocycles. The number of aromatic nitrogens is 2. The minimum atomic E-state index is -0.465. The van der Waals surface area contributed by atoms with Crippen molar-refractivity contribution in [2.45, 2.75) is 12.0 Å². The van der Waals surface area contributed by atoms with E-state index in [0.717, 1.165) is 27.9 Å². The van der Waals surface area contributed by atoms with E-state index in [4.69, 9.17) is 5.73 Å². The van der Waals surface area contributed by atoms with Crippen LogP contribution in [-0.2, 0) is 0 Å². The fourth-order valence-electron chi connectivity index (χ4n) is 4.14. The van der Waals surface area contributed by atoms with E-state index in [1.165, 1.54) is 0 Å². The van der Waals surface area contributed by atoms with Gasteiger partial charge in [-0.05, 0) is 35.4 Å². The molecule has 1 aromatic heterocycles. The van der Waals surface area contributed by atoms with E-state index >= 15 is 0 Å². The van der Waals surface area contributed by atoms with Crippen LogP contribution in [0, 0.1) is 0 Å². The Morgan fingerprint density at radius 1 is 0.897 bits per heavy atom.